The van der Waals surface area contributed by atoms with E-state index in [9.17, 15) is 14.4 Å². The van der Waals surface area contributed by atoms with Crippen LogP contribution in [-0.4, -0.2) is 66.9 Å². The van der Waals surface area contributed by atoms with Gasteiger partial charge in [-0.05, 0) is 17.5 Å². The van der Waals surface area contributed by atoms with Crippen LogP contribution in [0.2, 0.25) is 10.0 Å². The van der Waals surface area contributed by atoms with Crippen LogP contribution >= 0.6 is 34.5 Å². The Kier molecular flexibility index (Phi) is 8.26. The summed E-state index contributed by atoms with van der Waals surface area (Å²) in [5.41, 5.74) is 0.781. The third-order valence-electron chi connectivity index (χ3n) is 4.18. The second-order valence-corrected chi connectivity index (χ2v) is 8.29. The van der Waals surface area contributed by atoms with Gasteiger partial charge in [0.25, 0.3) is 11.9 Å². The molecule has 0 saturated heterocycles. The highest BCUT2D eigenvalue weighted by molar-refractivity contribution is 7.13. The minimum atomic E-state index is -0.878. The van der Waals surface area contributed by atoms with Gasteiger partial charge in [-0.2, -0.15) is 0 Å². The summed E-state index contributed by atoms with van der Waals surface area (Å²) in [7, 11) is 1.83. The molecule has 0 atom stereocenters. The summed E-state index contributed by atoms with van der Waals surface area (Å²) in [5.74, 6) is -1.90. The van der Waals surface area contributed by atoms with E-state index in [4.69, 9.17) is 27.9 Å². The fraction of sp³-hybridized carbons (Fsp3) is 0.316. The zero-order valence-corrected chi connectivity index (χ0v) is 19.3. The van der Waals surface area contributed by atoms with Gasteiger partial charge in [0.1, 0.15) is 17.3 Å². The molecule has 0 unspecified atom stereocenters. The molecule has 3 N–H and O–H groups in total. The van der Waals surface area contributed by atoms with E-state index in [1.165, 1.54) is 29.7 Å². The fourth-order valence-electron chi connectivity index (χ4n) is 2.65. The van der Waals surface area contributed by atoms with Crippen molar-refractivity contribution < 1.29 is 19.1 Å². The SMILES string of the molecule is CN(Cc1csc(C(=O)NCCNC(=O)C(=O)Nc2ccc(Cl)cn2)c1Cl)C1=NCCO1. The fourth-order valence-corrected chi connectivity index (χ4v) is 4.03. The van der Waals surface area contributed by atoms with Gasteiger partial charge in [0, 0.05) is 38.4 Å². The molecule has 3 rings (SSSR count). The van der Waals surface area contributed by atoms with E-state index in [-0.39, 0.29) is 24.8 Å². The topological polar surface area (TPSA) is 125 Å². The average Bonchev–Trinajstić information content (AvgIpc) is 3.43. The van der Waals surface area contributed by atoms with Crippen LogP contribution in [-0.2, 0) is 20.9 Å². The summed E-state index contributed by atoms with van der Waals surface area (Å²) in [6.07, 6.45) is 1.35. The molecule has 0 radical (unpaired) electrons. The van der Waals surface area contributed by atoms with Gasteiger partial charge in [-0.3, -0.25) is 14.4 Å². The van der Waals surface area contributed by atoms with Gasteiger partial charge in [0.2, 0.25) is 0 Å². The standard InChI is InChI=1S/C19H20Cl2N6O4S/c1-27(19-24-6-7-31-19)9-11-10-32-15(14(11)21)16(28)22-4-5-23-17(29)18(30)26-13-3-2-12(20)8-25-13/h2-3,8,10H,4-7,9H2,1H3,(H,22,28)(H,23,29)(H,25,26,30). The molecule has 0 aromatic carbocycles. The molecule has 2 aromatic rings. The van der Waals surface area contributed by atoms with Crippen molar-refractivity contribution in [2.24, 2.45) is 4.99 Å². The van der Waals surface area contributed by atoms with Crippen LogP contribution in [0.1, 0.15) is 15.2 Å². The number of hydrogen-bond acceptors (Lipinski definition) is 8. The molecular formula is C19H20Cl2N6O4S. The van der Waals surface area contributed by atoms with Crippen molar-refractivity contribution in [1.82, 2.24) is 20.5 Å². The van der Waals surface area contributed by atoms with E-state index >= 15 is 0 Å². The second-order valence-electron chi connectivity index (χ2n) is 6.60. The number of nitrogens with zero attached hydrogens (tertiary/aromatic N) is 3. The molecule has 3 amide bonds. The Morgan fingerprint density at radius 2 is 1.97 bits per heavy atom. The van der Waals surface area contributed by atoms with Crippen LogP contribution in [0, 0.1) is 0 Å². The van der Waals surface area contributed by atoms with Crippen molar-refractivity contribution in [3.8, 4) is 0 Å². The van der Waals surface area contributed by atoms with Crippen molar-refractivity contribution in [3.05, 3.63) is 44.2 Å². The number of aromatic nitrogens is 1. The average molecular weight is 499 g/mol. The van der Waals surface area contributed by atoms with Crippen molar-refractivity contribution in [1.29, 1.82) is 0 Å². The van der Waals surface area contributed by atoms with Gasteiger partial charge >= 0.3 is 11.8 Å². The Morgan fingerprint density at radius 1 is 1.19 bits per heavy atom. The number of anilines is 1. The summed E-state index contributed by atoms with van der Waals surface area (Å²) >= 11 is 13.3. The molecule has 13 heteroatoms. The Bertz CT molecular complexity index is 1030. The Hall–Kier alpha value is -2.89. The Balaban J connectivity index is 1.41. The lowest BCUT2D eigenvalue weighted by molar-refractivity contribution is -0.136. The number of pyridine rings is 1. The Labute approximate surface area is 198 Å². The molecule has 1 aliphatic heterocycles. The summed E-state index contributed by atoms with van der Waals surface area (Å²) in [5, 5.41) is 10.00. The maximum absolute atomic E-state index is 12.4. The van der Waals surface area contributed by atoms with Crippen molar-refractivity contribution >= 4 is 64.1 Å². The Morgan fingerprint density at radius 3 is 2.66 bits per heavy atom. The number of amides is 3. The van der Waals surface area contributed by atoms with E-state index < -0.39 is 11.8 Å². The largest absolute Gasteiger partial charge is 0.463 e. The predicted octanol–water partition coefficient (Wildman–Crippen LogP) is 1.75. The quantitative estimate of drug-likeness (QED) is 0.394. The first-order valence-electron chi connectivity index (χ1n) is 9.48. The summed E-state index contributed by atoms with van der Waals surface area (Å²) < 4.78 is 5.41. The molecular weight excluding hydrogens is 479 g/mol. The molecule has 0 spiro atoms. The number of ether oxygens (including phenoxy) is 1. The van der Waals surface area contributed by atoms with Crippen molar-refractivity contribution in [3.63, 3.8) is 0 Å². The van der Waals surface area contributed by atoms with E-state index in [0.29, 0.717) is 40.6 Å². The smallest absolute Gasteiger partial charge is 0.314 e. The molecule has 1 aliphatic rings. The van der Waals surface area contributed by atoms with Gasteiger partial charge < -0.3 is 25.6 Å². The third kappa shape index (κ3) is 6.31. The number of rotatable bonds is 7. The molecule has 32 heavy (non-hydrogen) atoms. The highest BCUT2D eigenvalue weighted by atomic mass is 35.5. The van der Waals surface area contributed by atoms with Crippen LogP contribution in [0.15, 0.2) is 28.7 Å². The molecule has 0 saturated carbocycles. The highest BCUT2D eigenvalue weighted by Gasteiger charge is 2.20. The summed E-state index contributed by atoms with van der Waals surface area (Å²) in [4.78, 5) is 46.4. The monoisotopic (exact) mass is 498 g/mol. The molecule has 3 heterocycles. The van der Waals surface area contributed by atoms with Crippen molar-refractivity contribution in [2.45, 2.75) is 6.54 Å². The normalized spacial score (nSPS) is 12.5. The van der Waals surface area contributed by atoms with Gasteiger partial charge in [-0.25, -0.2) is 9.98 Å². The second kappa shape index (κ2) is 11.1. The van der Waals surface area contributed by atoms with Gasteiger partial charge in [0.15, 0.2) is 0 Å². The molecule has 170 valence electrons. The zero-order valence-electron chi connectivity index (χ0n) is 17.0. The van der Waals surface area contributed by atoms with E-state index in [2.05, 4.69) is 25.9 Å². The number of thiophene rings is 1. The minimum Gasteiger partial charge on any atom is -0.463 e. The van der Waals surface area contributed by atoms with Gasteiger partial charge in [0.05, 0.1) is 16.6 Å². The van der Waals surface area contributed by atoms with Crippen LogP contribution < -0.4 is 16.0 Å². The molecule has 10 nitrogen and oxygen atoms in total. The lowest BCUT2D eigenvalue weighted by Crippen LogP contribution is -2.40. The number of hydrogen-bond donors (Lipinski definition) is 3. The van der Waals surface area contributed by atoms with Gasteiger partial charge in [-0.15, -0.1) is 11.3 Å². The first kappa shape index (κ1) is 23.8. The first-order valence-corrected chi connectivity index (χ1v) is 11.1. The molecule has 0 aliphatic carbocycles. The van der Waals surface area contributed by atoms with Crippen LogP contribution in [0.5, 0.6) is 0 Å². The highest BCUT2D eigenvalue weighted by Crippen LogP contribution is 2.29. The number of carbonyl (C=O) groups is 3. The zero-order chi connectivity index (χ0) is 23.1. The molecule has 0 bridgehead atoms. The number of carbonyl (C=O) groups excluding carboxylic acids is 3. The predicted molar refractivity (Wildman–Crippen MR) is 122 cm³/mol. The lowest BCUT2D eigenvalue weighted by Gasteiger charge is -2.17. The summed E-state index contributed by atoms with van der Waals surface area (Å²) in [6, 6.07) is 3.55. The molecule has 2 aromatic heterocycles. The number of halogens is 2. The first-order chi connectivity index (χ1) is 15.3. The minimum absolute atomic E-state index is 0.0573. The summed E-state index contributed by atoms with van der Waals surface area (Å²) in [6.45, 7) is 1.81. The molecule has 0 fully saturated rings. The third-order valence-corrected chi connectivity index (χ3v) is 5.98. The lowest BCUT2D eigenvalue weighted by atomic mass is 10.3. The van der Waals surface area contributed by atoms with Crippen LogP contribution in [0.3, 0.4) is 0 Å². The maximum Gasteiger partial charge on any atom is 0.314 e. The van der Waals surface area contributed by atoms with E-state index in [0.717, 1.165) is 5.56 Å². The number of aliphatic imine (C=N–C) groups is 1. The number of amidine groups is 1. The van der Waals surface area contributed by atoms with E-state index in [1.54, 1.807) is 5.38 Å². The number of nitrogens with one attached hydrogen (secondary N) is 3. The van der Waals surface area contributed by atoms with E-state index in [1.807, 2.05) is 11.9 Å². The van der Waals surface area contributed by atoms with Gasteiger partial charge in [-0.1, -0.05) is 23.2 Å². The van der Waals surface area contributed by atoms with Crippen LogP contribution in [0.4, 0.5) is 5.82 Å². The maximum atomic E-state index is 12.4. The van der Waals surface area contributed by atoms with Crippen molar-refractivity contribution in [2.75, 3.05) is 38.6 Å². The van der Waals surface area contributed by atoms with Crippen LogP contribution in [0.25, 0.3) is 0 Å².